The second kappa shape index (κ2) is 9.36. The fourth-order valence-corrected chi connectivity index (χ4v) is 4.72. The molecule has 0 spiro atoms. The van der Waals surface area contributed by atoms with Gasteiger partial charge in [0.1, 0.15) is 23.1 Å². The Balaban J connectivity index is 1.39. The first kappa shape index (κ1) is 22.8. The molecule has 2 aliphatic rings. The lowest BCUT2D eigenvalue weighted by Crippen LogP contribution is -2.36. The summed E-state index contributed by atoms with van der Waals surface area (Å²) in [4.78, 5) is 31.7. The van der Waals surface area contributed by atoms with Crippen LogP contribution in [0.3, 0.4) is 0 Å². The van der Waals surface area contributed by atoms with Crippen LogP contribution in [0.15, 0.2) is 30.3 Å². The quantitative estimate of drug-likeness (QED) is 0.599. The summed E-state index contributed by atoms with van der Waals surface area (Å²) in [7, 11) is 1.54. The van der Waals surface area contributed by atoms with Gasteiger partial charge < -0.3 is 24.3 Å². The van der Waals surface area contributed by atoms with E-state index in [9.17, 15) is 9.59 Å². The highest BCUT2D eigenvalue weighted by molar-refractivity contribution is 6.06. The second-order valence-electron chi connectivity index (χ2n) is 8.75. The summed E-state index contributed by atoms with van der Waals surface area (Å²) in [6.07, 6.45) is 2.24. The monoisotopic (exact) mass is 476 g/mol. The number of aryl methyl sites for hydroxylation is 1. The topological polar surface area (TPSA) is 111 Å². The molecular weight excluding hydrogens is 448 g/mol. The first-order valence-electron chi connectivity index (χ1n) is 11.8. The van der Waals surface area contributed by atoms with Gasteiger partial charge in [0.05, 0.1) is 19.3 Å². The molecule has 1 N–H and O–H groups in total. The van der Waals surface area contributed by atoms with Crippen molar-refractivity contribution in [3.63, 3.8) is 0 Å². The van der Waals surface area contributed by atoms with Crippen LogP contribution in [0.5, 0.6) is 5.75 Å². The smallest absolute Gasteiger partial charge is 0.410 e. The fraction of sp³-hybridized carbons (Fsp3) is 0.400. The van der Waals surface area contributed by atoms with Gasteiger partial charge in [0.15, 0.2) is 5.82 Å². The number of carbonyl (C=O) groups is 2. The maximum atomic E-state index is 13.3. The van der Waals surface area contributed by atoms with E-state index in [-0.39, 0.29) is 12.0 Å². The number of aromatic nitrogens is 4. The van der Waals surface area contributed by atoms with Crippen molar-refractivity contribution < 1.29 is 19.1 Å². The highest BCUT2D eigenvalue weighted by Crippen LogP contribution is 2.31. The second-order valence-corrected chi connectivity index (χ2v) is 8.75. The lowest BCUT2D eigenvalue weighted by molar-refractivity contribution is 0.102. The molecule has 2 amide bonds. The molecule has 4 heterocycles. The van der Waals surface area contributed by atoms with E-state index in [0.29, 0.717) is 60.8 Å². The van der Waals surface area contributed by atoms with Crippen molar-refractivity contribution in [1.82, 2.24) is 24.6 Å². The van der Waals surface area contributed by atoms with Crippen molar-refractivity contribution in [2.45, 2.75) is 45.7 Å². The summed E-state index contributed by atoms with van der Waals surface area (Å²) in [6, 6.07) is 9.40. The van der Waals surface area contributed by atoms with Crippen LogP contribution in [-0.4, -0.2) is 56.9 Å². The molecule has 0 radical (unpaired) electrons. The Bertz CT molecular complexity index is 1290. The Hall–Kier alpha value is -3.95. The molecular formula is C25H28N6O4. The van der Waals surface area contributed by atoms with Gasteiger partial charge >= 0.3 is 6.09 Å². The van der Waals surface area contributed by atoms with Crippen LogP contribution in [-0.2, 0) is 24.1 Å². The van der Waals surface area contributed by atoms with Crippen LogP contribution in [0.4, 0.5) is 10.6 Å². The lowest BCUT2D eigenvalue weighted by Gasteiger charge is -2.28. The average Bonchev–Trinajstić information content (AvgIpc) is 3.46. The van der Waals surface area contributed by atoms with Gasteiger partial charge in [-0.3, -0.25) is 4.79 Å². The number of hydrogen-bond acceptors (Lipinski definition) is 7. The van der Waals surface area contributed by atoms with E-state index in [0.717, 1.165) is 29.8 Å². The molecule has 10 heteroatoms. The maximum Gasteiger partial charge on any atom is 0.410 e. The molecule has 0 fully saturated rings. The van der Waals surface area contributed by atoms with Gasteiger partial charge in [-0.1, -0.05) is 6.07 Å². The Labute approximate surface area is 203 Å². The molecule has 10 nitrogen and oxygen atoms in total. The van der Waals surface area contributed by atoms with Crippen molar-refractivity contribution in [3.8, 4) is 17.3 Å². The number of nitrogens with one attached hydrogen (secondary N) is 1. The molecule has 0 aliphatic carbocycles. The zero-order chi connectivity index (χ0) is 24.5. The molecule has 35 heavy (non-hydrogen) atoms. The van der Waals surface area contributed by atoms with E-state index in [4.69, 9.17) is 9.47 Å². The highest BCUT2D eigenvalue weighted by Gasteiger charge is 2.27. The third-order valence-corrected chi connectivity index (χ3v) is 6.52. The number of methoxy groups -OCH3 is 1. The van der Waals surface area contributed by atoms with Crippen molar-refractivity contribution in [2.75, 3.05) is 25.6 Å². The highest BCUT2D eigenvalue weighted by atomic mass is 16.6. The number of amides is 2. The number of anilines is 1. The van der Waals surface area contributed by atoms with E-state index in [2.05, 4.69) is 32.0 Å². The average molecular weight is 477 g/mol. The standard InChI is InChI=1S/C25H28N6O4/c1-4-35-25(33)30-11-10-16-13-20(34-3)18(12-17(16)14-30)24(32)27-21-7-5-6-19(26-21)23-29-28-22-9-8-15(2)31(22)23/h5-7,12-13,15H,4,8-11,14H2,1-3H3,(H,26,27,32)/t15-/m0/s1. The van der Waals surface area contributed by atoms with Crippen LogP contribution >= 0.6 is 0 Å². The Kier molecular flexibility index (Phi) is 6.10. The summed E-state index contributed by atoms with van der Waals surface area (Å²) in [5.74, 6) is 2.20. The number of ether oxygens (including phenoxy) is 2. The zero-order valence-corrected chi connectivity index (χ0v) is 20.1. The van der Waals surface area contributed by atoms with E-state index < -0.39 is 0 Å². The molecule has 3 aromatic rings. The van der Waals surface area contributed by atoms with E-state index in [1.807, 2.05) is 18.2 Å². The number of rotatable bonds is 5. The molecule has 0 saturated carbocycles. The summed E-state index contributed by atoms with van der Waals surface area (Å²) >= 11 is 0. The predicted molar refractivity (Wildman–Crippen MR) is 128 cm³/mol. The van der Waals surface area contributed by atoms with Crippen molar-refractivity contribution in [2.24, 2.45) is 0 Å². The molecule has 2 aliphatic heterocycles. The van der Waals surface area contributed by atoms with E-state index in [1.165, 1.54) is 7.11 Å². The number of pyridine rings is 1. The van der Waals surface area contributed by atoms with Gasteiger partial charge in [0.25, 0.3) is 5.91 Å². The fourth-order valence-electron chi connectivity index (χ4n) is 4.72. The van der Waals surface area contributed by atoms with Crippen molar-refractivity contribution >= 4 is 17.8 Å². The summed E-state index contributed by atoms with van der Waals surface area (Å²) in [5, 5.41) is 11.5. The largest absolute Gasteiger partial charge is 0.496 e. The zero-order valence-electron chi connectivity index (χ0n) is 20.1. The predicted octanol–water partition coefficient (Wildman–Crippen LogP) is 3.62. The van der Waals surface area contributed by atoms with Gasteiger partial charge in [0, 0.05) is 25.6 Å². The van der Waals surface area contributed by atoms with Crippen LogP contribution in [0.1, 0.15) is 53.6 Å². The molecule has 0 saturated heterocycles. The molecule has 0 unspecified atom stereocenters. The Morgan fingerprint density at radius 1 is 1.17 bits per heavy atom. The first-order chi connectivity index (χ1) is 17.0. The maximum absolute atomic E-state index is 13.3. The number of fused-ring (bicyclic) bond motifs is 2. The lowest BCUT2D eigenvalue weighted by atomic mass is 9.96. The Morgan fingerprint density at radius 3 is 2.83 bits per heavy atom. The van der Waals surface area contributed by atoms with Crippen LogP contribution in [0, 0.1) is 0 Å². The van der Waals surface area contributed by atoms with Gasteiger partial charge in [-0.15, -0.1) is 10.2 Å². The molecule has 5 rings (SSSR count). The third kappa shape index (κ3) is 4.31. The van der Waals surface area contributed by atoms with Gasteiger partial charge in [-0.25, -0.2) is 9.78 Å². The van der Waals surface area contributed by atoms with Crippen molar-refractivity contribution in [3.05, 3.63) is 52.8 Å². The van der Waals surface area contributed by atoms with E-state index >= 15 is 0 Å². The normalized spacial score (nSPS) is 16.4. The molecule has 2 aromatic heterocycles. The third-order valence-electron chi connectivity index (χ3n) is 6.52. The molecule has 0 bridgehead atoms. The number of hydrogen-bond donors (Lipinski definition) is 1. The minimum Gasteiger partial charge on any atom is -0.496 e. The first-order valence-corrected chi connectivity index (χ1v) is 11.8. The number of carbonyl (C=O) groups excluding carboxylic acids is 2. The van der Waals surface area contributed by atoms with Gasteiger partial charge in [-0.2, -0.15) is 0 Å². The van der Waals surface area contributed by atoms with Gasteiger partial charge in [0.2, 0.25) is 0 Å². The molecule has 1 atom stereocenters. The minimum absolute atomic E-state index is 0.309. The molecule has 182 valence electrons. The van der Waals surface area contributed by atoms with Crippen LogP contribution in [0.2, 0.25) is 0 Å². The minimum atomic E-state index is -0.352. The number of nitrogens with zero attached hydrogens (tertiary/aromatic N) is 5. The summed E-state index contributed by atoms with van der Waals surface area (Å²) in [6.45, 7) is 5.18. The Morgan fingerprint density at radius 2 is 2.03 bits per heavy atom. The summed E-state index contributed by atoms with van der Waals surface area (Å²) < 4.78 is 12.8. The summed E-state index contributed by atoms with van der Waals surface area (Å²) in [5.41, 5.74) is 2.97. The SMILES string of the molecule is CCOC(=O)N1CCc2cc(OC)c(C(=O)Nc3cccc(-c4nnc5n4[C@@H](C)CC5)n3)cc2C1. The van der Waals surface area contributed by atoms with Crippen LogP contribution < -0.4 is 10.1 Å². The number of benzene rings is 1. The van der Waals surface area contributed by atoms with E-state index in [1.54, 1.807) is 24.0 Å². The van der Waals surface area contributed by atoms with Gasteiger partial charge in [-0.05, 0) is 62.1 Å². The molecule has 1 aromatic carbocycles. The van der Waals surface area contributed by atoms with Crippen molar-refractivity contribution in [1.29, 1.82) is 0 Å². The van der Waals surface area contributed by atoms with Crippen LogP contribution in [0.25, 0.3) is 11.5 Å².